The van der Waals surface area contributed by atoms with Gasteiger partial charge in [-0.1, -0.05) is 24.3 Å². The van der Waals surface area contributed by atoms with Gasteiger partial charge in [0.2, 0.25) is 0 Å². The second kappa shape index (κ2) is 10.9. The van der Waals surface area contributed by atoms with E-state index >= 15 is 0 Å². The van der Waals surface area contributed by atoms with Crippen LogP contribution in [0.1, 0.15) is 36.1 Å². The lowest BCUT2D eigenvalue weighted by Crippen LogP contribution is -2.50. The minimum Gasteiger partial charge on any atom is -0.469 e. The van der Waals surface area contributed by atoms with Gasteiger partial charge in [-0.05, 0) is 55.4 Å². The predicted molar refractivity (Wildman–Crippen MR) is 122 cm³/mol. The molecule has 0 bridgehead atoms. The van der Waals surface area contributed by atoms with Crippen molar-refractivity contribution in [3.8, 4) is 0 Å². The van der Waals surface area contributed by atoms with E-state index in [9.17, 15) is 0 Å². The summed E-state index contributed by atoms with van der Waals surface area (Å²) < 4.78 is 10.9. The van der Waals surface area contributed by atoms with Crippen molar-refractivity contribution in [2.24, 2.45) is 4.99 Å². The van der Waals surface area contributed by atoms with Crippen LogP contribution in [0.5, 0.6) is 0 Å². The average Bonchev–Trinajstić information content (AvgIpc) is 3.22. The molecule has 1 aromatic carbocycles. The molecule has 1 fully saturated rings. The Morgan fingerprint density at radius 2 is 1.75 bits per heavy atom. The number of rotatable bonds is 5. The number of guanidine groups is 1. The number of fused-ring (bicyclic) bond motifs is 1. The predicted octanol–water partition coefficient (Wildman–Crippen LogP) is 3.71. The highest BCUT2D eigenvalue weighted by Crippen LogP contribution is 2.21. The number of benzene rings is 1. The third-order valence-electron chi connectivity index (χ3n) is 5.46. The highest BCUT2D eigenvalue weighted by atomic mass is 127. The van der Waals surface area contributed by atoms with Gasteiger partial charge >= 0.3 is 0 Å². The van der Waals surface area contributed by atoms with Crippen molar-refractivity contribution >= 4 is 29.9 Å². The molecule has 1 atom stereocenters. The van der Waals surface area contributed by atoms with Crippen LogP contribution in [0.3, 0.4) is 0 Å². The molecule has 1 aliphatic heterocycles. The van der Waals surface area contributed by atoms with Gasteiger partial charge in [-0.25, -0.2) is 0 Å². The van der Waals surface area contributed by atoms with E-state index in [4.69, 9.17) is 14.1 Å². The highest BCUT2D eigenvalue weighted by Gasteiger charge is 2.21. The van der Waals surface area contributed by atoms with E-state index in [0.29, 0.717) is 12.1 Å². The Morgan fingerprint density at radius 1 is 0.964 bits per heavy atom. The molecular weight excluding hydrogens is 465 g/mol. The van der Waals surface area contributed by atoms with Gasteiger partial charge in [-0.15, -0.1) is 24.0 Å². The van der Waals surface area contributed by atoms with Crippen LogP contribution in [0.25, 0.3) is 0 Å². The highest BCUT2D eigenvalue weighted by molar-refractivity contribution is 14.0. The molecule has 5 nitrogen and oxygen atoms in total. The number of ether oxygens (including phenoxy) is 1. The first-order chi connectivity index (χ1) is 13.4. The molecule has 1 unspecified atom stereocenters. The van der Waals surface area contributed by atoms with Gasteiger partial charge in [0.1, 0.15) is 5.76 Å². The Hall–Kier alpha value is -1.54. The molecule has 0 saturated carbocycles. The number of aliphatic imine (C=N–C) groups is 1. The molecule has 152 valence electrons. The van der Waals surface area contributed by atoms with E-state index in [1.807, 2.05) is 12.1 Å². The third kappa shape index (κ3) is 5.98. The largest absolute Gasteiger partial charge is 0.469 e. The summed E-state index contributed by atoms with van der Waals surface area (Å²) in [5, 5.41) is 7.33. The fraction of sp³-hybridized carbons (Fsp3) is 0.500. The summed E-state index contributed by atoms with van der Waals surface area (Å²) in [6, 6.07) is 13.6. The van der Waals surface area contributed by atoms with Crippen molar-refractivity contribution in [1.82, 2.24) is 10.6 Å². The second-order valence-electron chi connectivity index (χ2n) is 7.44. The molecule has 0 radical (unpaired) electrons. The van der Waals surface area contributed by atoms with Crippen LogP contribution in [-0.2, 0) is 24.0 Å². The summed E-state index contributed by atoms with van der Waals surface area (Å²) in [6.45, 7) is 2.37. The molecule has 28 heavy (non-hydrogen) atoms. The average molecular weight is 495 g/mol. The summed E-state index contributed by atoms with van der Waals surface area (Å²) in [7, 11) is 0. The quantitative estimate of drug-likeness (QED) is 0.377. The van der Waals surface area contributed by atoms with Crippen LogP contribution in [0.15, 0.2) is 52.1 Å². The molecular formula is C22H30IN3O2. The maximum Gasteiger partial charge on any atom is 0.191 e. The zero-order valence-corrected chi connectivity index (χ0v) is 18.6. The van der Waals surface area contributed by atoms with Gasteiger partial charge < -0.3 is 19.8 Å². The fourth-order valence-electron chi connectivity index (χ4n) is 3.92. The van der Waals surface area contributed by atoms with Crippen LogP contribution in [0, 0.1) is 0 Å². The Morgan fingerprint density at radius 3 is 2.54 bits per heavy atom. The number of halogens is 1. The summed E-state index contributed by atoms with van der Waals surface area (Å²) in [5.74, 6) is 1.91. The SMILES string of the molecule is I.c1coc(CCN=C(NC2CCOCC2)NC2CCc3ccccc3C2)c1. The fourth-order valence-corrected chi connectivity index (χ4v) is 3.92. The van der Waals surface area contributed by atoms with E-state index in [1.54, 1.807) is 6.26 Å². The molecule has 2 heterocycles. The summed E-state index contributed by atoms with van der Waals surface area (Å²) in [6.07, 6.45) is 7.94. The normalized spacial score (nSPS) is 20.1. The molecule has 6 heteroatoms. The number of nitrogens with one attached hydrogen (secondary N) is 2. The van der Waals surface area contributed by atoms with Crippen molar-refractivity contribution in [2.75, 3.05) is 19.8 Å². The maximum atomic E-state index is 5.49. The molecule has 4 rings (SSSR count). The maximum absolute atomic E-state index is 5.49. The number of hydrogen-bond acceptors (Lipinski definition) is 3. The first-order valence-corrected chi connectivity index (χ1v) is 10.1. The zero-order valence-electron chi connectivity index (χ0n) is 16.2. The van der Waals surface area contributed by atoms with Crippen LogP contribution in [0.2, 0.25) is 0 Å². The van der Waals surface area contributed by atoms with Crippen molar-refractivity contribution in [3.63, 3.8) is 0 Å². The van der Waals surface area contributed by atoms with E-state index < -0.39 is 0 Å². The van der Waals surface area contributed by atoms with Gasteiger partial charge in [0.25, 0.3) is 0 Å². The molecule has 1 aromatic heterocycles. The molecule has 0 amide bonds. The minimum absolute atomic E-state index is 0. The number of nitrogens with zero attached hydrogens (tertiary/aromatic N) is 1. The molecule has 1 aliphatic carbocycles. The summed E-state index contributed by atoms with van der Waals surface area (Å²) >= 11 is 0. The minimum atomic E-state index is 0. The summed E-state index contributed by atoms with van der Waals surface area (Å²) in [5.41, 5.74) is 2.95. The van der Waals surface area contributed by atoms with Gasteiger partial charge in [-0.3, -0.25) is 4.99 Å². The second-order valence-corrected chi connectivity index (χ2v) is 7.44. The van der Waals surface area contributed by atoms with Gasteiger partial charge in [0.15, 0.2) is 5.96 Å². The molecule has 2 N–H and O–H groups in total. The van der Waals surface area contributed by atoms with Crippen molar-refractivity contribution in [1.29, 1.82) is 0 Å². The lowest BCUT2D eigenvalue weighted by molar-refractivity contribution is 0.0821. The zero-order chi connectivity index (χ0) is 18.3. The van der Waals surface area contributed by atoms with E-state index in [0.717, 1.165) is 70.0 Å². The number of aryl methyl sites for hydroxylation is 1. The smallest absolute Gasteiger partial charge is 0.191 e. The van der Waals surface area contributed by atoms with E-state index in [-0.39, 0.29) is 24.0 Å². The molecule has 0 spiro atoms. The molecule has 2 aromatic rings. The van der Waals surface area contributed by atoms with Crippen molar-refractivity contribution in [3.05, 3.63) is 59.5 Å². The number of furan rings is 1. The lowest BCUT2D eigenvalue weighted by Gasteiger charge is -2.30. The van der Waals surface area contributed by atoms with Gasteiger partial charge in [-0.2, -0.15) is 0 Å². The van der Waals surface area contributed by atoms with Crippen LogP contribution >= 0.6 is 24.0 Å². The topological polar surface area (TPSA) is 58.8 Å². The first-order valence-electron chi connectivity index (χ1n) is 10.1. The van der Waals surface area contributed by atoms with Crippen molar-refractivity contribution in [2.45, 2.75) is 50.6 Å². The summed E-state index contributed by atoms with van der Waals surface area (Å²) in [4.78, 5) is 4.84. The number of hydrogen-bond donors (Lipinski definition) is 2. The third-order valence-corrected chi connectivity index (χ3v) is 5.46. The first kappa shape index (κ1) is 21.2. The Bertz CT molecular complexity index is 742. The lowest BCUT2D eigenvalue weighted by atomic mass is 9.88. The Labute approximate surface area is 184 Å². The molecule has 1 saturated heterocycles. The van der Waals surface area contributed by atoms with Crippen LogP contribution in [0.4, 0.5) is 0 Å². The monoisotopic (exact) mass is 495 g/mol. The standard InChI is InChI=1S/C22H29N3O2.HI/c1-2-5-18-16-20(8-7-17(18)4-1)25-22(24-19-10-14-26-15-11-19)23-12-9-21-6-3-13-27-21;/h1-6,13,19-20H,7-12,14-16H2,(H2,23,24,25);1H. The van der Waals surface area contributed by atoms with Crippen LogP contribution < -0.4 is 10.6 Å². The van der Waals surface area contributed by atoms with E-state index in [2.05, 4.69) is 34.9 Å². The van der Waals surface area contributed by atoms with Gasteiger partial charge in [0.05, 0.1) is 6.26 Å². The van der Waals surface area contributed by atoms with Gasteiger partial charge in [0, 0.05) is 38.3 Å². The van der Waals surface area contributed by atoms with Crippen molar-refractivity contribution < 1.29 is 9.15 Å². The molecule has 2 aliphatic rings. The Balaban J connectivity index is 0.00000225. The Kier molecular flexibility index (Phi) is 8.21. The van der Waals surface area contributed by atoms with Crippen LogP contribution in [-0.4, -0.2) is 37.8 Å². The van der Waals surface area contributed by atoms with E-state index in [1.165, 1.54) is 11.1 Å².